The van der Waals surface area contributed by atoms with Crippen molar-refractivity contribution in [1.82, 2.24) is 4.90 Å². The number of hydrogen-bond donors (Lipinski definition) is 0. The number of unbranched alkanes of at least 4 members (excludes halogenated alkanes) is 11. The minimum Gasteiger partial charge on any atom is -0.493 e. The number of ether oxygens (including phenoxy) is 2. The van der Waals surface area contributed by atoms with Gasteiger partial charge in [-0.3, -0.25) is 0 Å². The van der Waals surface area contributed by atoms with Crippen LogP contribution in [-0.4, -0.2) is 37.3 Å². The number of anilines is 1. The first-order valence-corrected chi connectivity index (χ1v) is 16.9. The van der Waals surface area contributed by atoms with E-state index in [9.17, 15) is 4.79 Å². The van der Waals surface area contributed by atoms with Gasteiger partial charge >= 0.3 is 0 Å². The summed E-state index contributed by atoms with van der Waals surface area (Å²) in [6, 6.07) is 14.9. The van der Waals surface area contributed by atoms with Crippen LogP contribution in [0.15, 0.2) is 54.1 Å². The maximum absolute atomic E-state index is 11.3. The van der Waals surface area contributed by atoms with Crippen molar-refractivity contribution in [2.45, 2.75) is 103 Å². The highest BCUT2D eigenvalue weighted by atomic mass is 79.9. The Morgan fingerprint density at radius 3 is 2.24 bits per heavy atom. The lowest BCUT2D eigenvalue weighted by Crippen LogP contribution is -2.24. The second kappa shape index (κ2) is 22.4. The Labute approximate surface area is 270 Å². The molecule has 0 fully saturated rings. The molecule has 2 aromatic rings. The number of halogens is 1. The van der Waals surface area contributed by atoms with Crippen LogP contribution in [0, 0.1) is 0 Å². The lowest BCUT2D eigenvalue weighted by molar-refractivity contribution is -0.107. The number of carbonyl (C=O) groups excluding carboxylic acids is 1. The average Bonchev–Trinajstić information content (AvgIpc) is 3.51. The molecule has 0 spiro atoms. The second-order valence-electron chi connectivity index (χ2n) is 11.1. The molecular formula is C35H53BrN2O3S. The molecule has 0 aromatic heterocycles. The van der Waals surface area contributed by atoms with Crippen LogP contribution in [0.5, 0.6) is 11.5 Å². The second-order valence-corrected chi connectivity index (χ2v) is 12.0. The Hall–Kier alpha value is -2.12. The van der Waals surface area contributed by atoms with Crippen molar-refractivity contribution in [2.24, 2.45) is 0 Å². The minimum absolute atomic E-state index is 0. The van der Waals surface area contributed by atoms with Crippen LogP contribution >= 0.6 is 28.7 Å². The Morgan fingerprint density at radius 2 is 1.60 bits per heavy atom. The summed E-state index contributed by atoms with van der Waals surface area (Å²) in [5, 5.41) is 2.14. The van der Waals surface area contributed by atoms with Gasteiger partial charge in [-0.25, -0.2) is 0 Å². The number of rotatable bonds is 23. The number of aldehydes is 1. The smallest absolute Gasteiger partial charge is 0.161 e. The fourth-order valence-electron chi connectivity index (χ4n) is 5.28. The maximum Gasteiger partial charge on any atom is 0.161 e. The highest BCUT2D eigenvalue weighted by Gasteiger charge is 2.13. The topological polar surface area (TPSA) is 42.0 Å². The first-order valence-electron chi connectivity index (χ1n) is 15.8. The summed E-state index contributed by atoms with van der Waals surface area (Å²) in [6.45, 7) is 5.25. The first-order chi connectivity index (χ1) is 20.2. The molecule has 1 aliphatic heterocycles. The number of methoxy groups -OCH3 is 1. The van der Waals surface area contributed by atoms with Gasteiger partial charge in [0.05, 0.1) is 19.6 Å². The molecule has 234 valence electrons. The average molecular weight is 662 g/mol. The van der Waals surface area contributed by atoms with Crippen LogP contribution in [-0.2, 0) is 17.9 Å². The van der Waals surface area contributed by atoms with E-state index in [1.165, 1.54) is 76.2 Å². The van der Waals surface area contributed by atoms with E-state index < -0.39 is 0 Å². The molecule has 1 aliphatic rings. The van der Waals surface area contributed by atoms with Gasteiger partial charge in [-0.15, -0.1) is 28.7 Å². The summed E-state index contributed by atoms with van der Waals surface area (Å²) >= 11 is 1.82. The number of nitrogens with zero attached hydrogens (tertiary/aromatic N) is 2. The van der Waals surface area contributed by atoms with Crippen molar-refractivity contribution < 1.29 is 14.3 Å². The zero-order chi connectivity index (χ0) is 29.0. The molecule has 0 N–H and O–H groups in total. The van der Waals surface area contributed by atoms with Gasteiger partial charge in [-0.1, -0.05) is 95.8 Å². The molecular weight excluding hydrogens is 608 g/mol. The third kappa shape index (κ3) is 13.9. The zero-order valence-electron chi connectivity index (χ0n) is 25.9. The van der Waals surface area contributed by atoms with Crippen LogP contribution in [0.25, 0.3) is 0 Å². The molecule has 0 bridgehead atoms. The van der Waals surface area contributed by atoms with Gasteiger partial charge in [-0.2, -0.15) is 0 Å². The number of hydrogen-bond acceptors (Lipinski definition) is 6. The zero-order valence-corrected chi connectivity index (χ0v) is 28.5. The largest absolute Gasteiger partial charge is 0.493 e. The molecule has 1 heterocycles. The standard InChI is InChI=1S/C35H52N2O3S.BrH/c1-3-4-5-6-7-8-9-10-11-12-13-14-24-40-35-27-32(19-20-34(35)39-2)29-37(21-16-23-38)33-18-15-17-31(26-33)28-36-22-25-41-30-36;/h15,17-20,22-23,25-27H,3-14,16,21,24,28-30H2,1-2H3;1H. The summed E-state index contributed by atoms with van der Waals surface area (Å²) in [7, 11) is 1.70. The summed E-state index contributed by atoms with van der Waals surface area (Å²) in [5.41, 5.74) is 3.55. The van der Waals surface area contributed by atoms with E-state index in [2.05, 4.69) is 64.7 Å². The first kappa shape index (κ1) is 36.1. The van der Waals surface area contributed by atoms with Crippen molar-refractivity contribution in [1.29, 1.82) is 0 Å². The highest BCUT2D eigenvalue weighted by molar-refractivity contribution is 8.93. The van der Waals surface area contributed by atoms with Gasteiger partial charge in [0, 0.05) is 37.9 Å². The van der Waals surface area contributed by atoms with Crippen molar-refractivity contribution in [3.63, 3.8) is 0 Å². The summed E-state index contributed by atoms with van der Waals surface area (Å²) < 4.78 is 11.8. The third-order valence-corrected chi connectivity index (χ3v) is 8.44. The van der Waals surface area contributed by atoms with E-state index in [4.69, 9.17) is 9.47 Å². The number of carbonyl (C=O) groups is 1. The Bertz CT molecular complexity index is 1040. The molecule has 5 nitrogen and oxygen atoms in total. The van der Waals surface area contributed by atoms with Gasteiger partial charge in [0.1, 0.15) is 6.29 Å². The molecule has 0 saturated heterocycles. The van der Waals surface area contributed by atoms with E-state index in [0.29, 0.717) is 26.1 Å². The van der Waals surface area contributed by atoms with E-state index >= 15 is 0 Å². The van der Waals surface area contributed by atoms with Gasteiger partial charge in [0.25, 0.3) is 0 Å². The van der Waals surface area contributed by atoms with Gasteiger partial charge in [0.2, 0.25) is 0 Å². The SMILES string of the molecule is Br.CCCCCCCCCCCCCCOc1cc(CN(CCC=O)c2cccc(CN3C=CSC3)c2)ccc1OC. The van der Waals surface area contributed by atoms with Crippen molar-refractivity contribution in [3.8, 4) is 11.5 Å². The van der Waals surface area contributed by atoms with Crippen molar-refractivity contribution >= 4 is 40.7 Å². The Balaban J connectivity index is 0.00000616. The van der Waals surface area contributed by atoms with E-state index in [1.807, 2.05) is 17.8 Å². The number of thioether (sulfide) groups is 1. The van der Waals surface area contributed by atoms with E-state index in [0.717, 1.165) is 47.9 Å². The molecule has 0 aliphatic carbocycles. The molecule has 3 rings (SSSR count). The lowest BCUT2D eigenvalue weighted by atomic mass is 10.1. The fourth-order valence-corrected chi connectivity index (χ4v) is 5.99. The predicted molar refractivity (Wildman–Crippen MR) is 185 cm³/mol. The predicted octanol–water partition coefficient (Wildman–Crippen LogP) is 9.93. The van der Waals surface area contributed by atoms with Crippen LogP contribution in [0.3, 0.4) is 0 Å². The van der Waals surface area contributed by atoms with E-state index in [1.54, 1.807) is 7.11 Å². The molecule has 0 saturated carbocycles. The lowest BCUT2D eigenvalue weighted by Gasteiger charge is -2.26. The third-order valence-electron chi connectivity index (χ3n) is 7.64. The molecule has 0 atom stereocenters. The van der Waals surface area contributed by atoms with Crippen LogP contribution in [0.4, 0.5) is 5.69 Å². The molecule has 0 amide bonds. The van der Waals surface area contributed by atoms with Crippen LogP contribution in [0.1, 0.15) is 102 Å². The van der Waals surface area contributed by atoms with Gasteiger partial charge in [0.15, 0.2) is 11.5 Å². The fraction of sp³-hybridized carbons (Fsp3) is 0.571. The summed E-state index contributed by atoms with van der Waals surface area (Å²) in [5.74, 6) is 2.56. The van der Waals surface area contributed by atoms with Crippen molar-refractivity contribution in [2.75, 3.05) is 31.0 Å². The Morgan fingerprint density at radius 1 is 0.881 bits per heavy atom. The molecule has 0 radical (unpaired) electrons. The normalized spacial score (nSPS) is 12.3. The molecule has 42 heavy (non-hydrogen) atoms. The monoisotopic (exact) mass is 660 g/mol. The Kier molecular flexibility index (Phi) is 19.3. The van der Waals surface area contributed by atoms with Crippen LogP contribution < -0.4 is 14.4 Å². The van der Waals surface area contributed by atoms with Gasteiger partial charge < -0.3 is 24.1 Å². The van der Waals surface area contributed by atoms with Gasteiger partial charge in [-0.05, 0) is 47.2 Å². The quantitative estimate of drug-likeness (QED) is 0.0873. The molecule has 0 unspecified atom stereocenters. The summed E-state index contributed by atoms with van der Waals surface area (Å²) in [6.07, 6.45) is 19.6. The maximum atomic E-state index is 11.3. The van der Waals surface area contributed by atoms with E-state index in [-0.39, 0.29) is 17.0 Å². The summed E-state index contributed by atoms with van der Waals surface area (Å²) in [4.78, 5) is 15.8. The molecule has 2 aromatic carbocycles. The van der Waals surface area contributed by atoms with Crippen molar-refractivity contribution in [3.05, 3.63) is 65.2 Å². The highest BCUT2D eigenvalue weighted by Crippen LogP contribution is 2.30. The molecule has 7 heteroatoms. The van der Waals surface area contributed by atoms with Crippen LogP contribution in [0.2, 0.25) is 0 Å². The minimum atomic E-state index is 0. The number of benzene rings is 2.